The zero-order chi connectivity index (χ0) is 13.1. The van der Waals surface area contributed by atoms with Gasteiger partial charge in [0.25, 0.3) is 0 Å². The topological polar surface area (TPSA) is 72.6 Å². The molecular formula is C11H24N2O3S. The maximum Gasteiger partial charge on any atom is 0.151 e. The van der Waals surface area contributed by atoms with Crippen LogP contribution in [0.3, 0.4) is 0 Å². The van der Waals surface area contributed by atoms with E-state index in [1.54, 1.807) is 7.11 Å². The summed E-state index contributed by atoms with van der Waals surface area (Å²) in [6.45, 7) is 3.25. The first-order chi connectivity index (χ1) is 7.91. The highest BCUT2D eigenvalue weighted by Crippen LogP contribution is 2.21. The van der Waals surface area contributed by atoms with E-state index in [1.807, 2.05) is 7.05 Å². The SMILES string of the molecule is COCC(C)C(CN)N(C)C1CCS(=O)(=O)C1. The molecular weight excluding hydrogens is 240 g/mol. The maximum atomic E-state index is 11.5. The number of methoxy groups -OCH3 is 1. The van der Waals surface area contributed by atoms with E-state index in [-0.39, 0.29) is 17.8 Å². The second-order valence-electron chi connectivity index (χ2n) is 4.96. The summed E-state index contributed by atoms with van der Waals surface area (Å²) in [5.41, 5.74) is 5.79. The number of likely N-dealkylation sites (N-methyl/N-ethyl adjacent to an activating group) is 1. The van der Waals surface area contributed by atoms with Crippen molar-refractivity contribution in [2.75, 3.05) is 38.8 Å². The normalized spacial score (nSPS) is 27.2. The minimum atomic E-state index is -2.83. The average Bonchev–Trinajstić information content (AvgIpc) is 2.60. The summed E-state index contributed by atoms with van der Waals surface area (Å²) in [4.78, 5) is 2.12. The van der Waals surface area contributed by atoms with Gasteiger partial charge in [-0.3, -0.25) is 4.90 Å². The highest BCUT2D eigenvalue weighted by Gasteiger charge is 2.34. The van der Waals surface area contributed by atoms with Crippen molar-refractivity contribution in [2.45, 2.75) is 25.4 Å². The van der Waals surface area contributed by atoms with E-state index in [2.05, 4.69) is 11.8 Å². The van der Waals surface area contributed by atoms with Gasteiger partial charge >= 0.3 is 0 Å². The van der Waals surface area contributed by atoms with E-state index in [1.165, 1.54) is 0 Å². The molecule has 1 fully saturated rings. The molecule has 0 aromatic carbocycles. The van der Waals surface area contributed by atoms with Crippen LogP contribution in [0.5, 0.6) is 0 Å². The fourth-order valence-corrected chi connectivity index (χ4v) is 4.33. The lowest BCUT2D eigenvalue weighted by Crippen LogP contribution is -2.49. The lowest BCUT2D eigenvalue weighted by molar-refractivity contribution is 0.0818. The first-order valence-electron chi connectivity index (χ1n) is 6.02. The molecule has 0 radical (unpaired) electrons. The van der Waals surface area contributed by atoms with Gasteiger partial charge in [0.2, 0.25) is 0 Å². The fourth-order valence-electron chi connectivity index (χ4n) is 2.54. The van der Waals surface area contributed by atoms with E-state index in [9.17, 15) is 8.42 Å². The van der Waals surface area contributed by atoms with Gasteiger partial charge in [-0.2, -0.15) is 0 Å². The van der Waals surface area contributed by atoms with E-state index in [4.69, 9.17) is 10.5 Å². The Balaban J connectivity index is 2.63. The van der Waals surface area contributed by atoms with Crippen LogP contribution in [0.2, 0.25) is 0 Å². The second kappa shape index (κ2) is 6.13. The monoisotopic (exact) mass is 264 g/mol. The number of nitrogens with two attached hydrogens (primary N) is 1. The summed E-state index contributed by atoms with van der Waals surface area (Å²) in [7, 11) is 0.804. The smallest absolute Gasteiger partial charge is 0.151 e. The van der Waals surface area contributed by atoms with Crippen molar-refractivity contribution in [3.05, 3.63) is 0 Å². The van der Waals surface area contributed by atoms with E-state index < -0.39 is 9.84 Å². The molecule has 1 rings (SSSR count). The maximum absolute atomic E-state index is 11.5. The summed E-state index contributed by atoms with van der Waals surface area (Å²) in [5.74, 6) is 0.871. The molecule has 3 atom stereocenters. The molecule has 1 aliphatic heterocycles. The van der Waals surface area contributed by atoms with Crippen molar-refractivity contribution in [1.82, 2.24) is 4.90 Å². The Labute approximate surface area is 104 Å². The summed E-state index contributed by atoms with van der Waals surface area (Å²) in [6, 6.07) is 0.279. The highest BCUT2D eigenvalue weighted by atomic mass is 32.2. The molecule has 1 heterocycles. The number of nitrogens with zero attached hydrogens (tertiary/aromatic N) is 1. The van der Waals surface area contributed by atoms with Gasteiger partial charge in [0.05, 0.1) is 18.1 Å². The third kappa shape index (κ3) is 3.91. The molecule has 1 aliphatic rings. The van der Waals surface area contributed by atoms with E-state index in [0.717, 1.165) is 6.42 Å². The Morgan fingerprint density at radius 3 is 2.59 bits per heavy atom. The second-order valence-corrected chi connectivity index (χ2v) is 7.19. The molecule has 0 saturated carbocycles. The van der Waals surface area contributed by atoms with Crippen molar-refractivity contribution in [3.63, 3.8) is 0 Å². The molecule has 0 aliphatic carbocycles. The lowest BCUT2D eigenvalue weighted by atomic mass is 10.00. The third-order valence-corrected chi connectivity index (χ3v) is 5.39. The van der Waals surface area contributed by atoms with Crippen LogP contribution in [-0.4, -0.2) is 64.2 Å². The molecule has 0 bridgehead atoms. The first kappa shape index (κ1) is 14.9. The molecule has 2 N–H and O–H groups in total. The Kier molecular flexibility index (Phi) is 5.37. The Hall–Kier alpha value is -0.170. The Bertz CT molecular complexity index is 332. The van der Waals surface area contributed by atoms with Crippen LogP contribution < -0.4 is 5.73 Å². The van der Waals surface area contributed by atoms with Crippen LogP contribution in [0.1, 0.15) is 13.3 Å². The Morgan fingerprint density at radius 2 is 2.18 bits per heavy atom. The molecule has 102 valence electrons. The molecule has 1 saturated heterocycles. The largest absolute Gasteiger partial charge is 0.384 e. The Morgan fingerprint density at radius 1 is 1.53 bits per heavy atom. The van der Waals surface area contributed by atoms with Crippen LogP contribution in [0.25, 0.3) is 0 Å². The first-order valence-corrected chi connectivity index (χ1v) is 7.84. The summed E-state index contributed by atoms with van der Waals surface area (Å²) in [5, 5.41) is 0. The number of hydrogen-bond donors (Lipinski definition) is 1. The summed E-state index contributed by atoms with van der Waals surface area (Å²) >= 11 is 0. The van der Waals surface area contributed by atoms with Gasteiger partial charge in [-0.1, -0.05) is 6.92 Å². The number of sulfone groups is 1. The lowest BCUT2D eigenvalue weighted by Gasteiger charge is -2.35. The third-order valence-electron chi connectivity index (χ3n) is 3.64. The quantitative estimate of drug-likeness (QED) is 0.714. The van der Waals surface area contributed by atoms with Crippen molar-refractivity contribution in [2.24, 2.45) is 11.7 Å². The van der Waals surface area contributed by atoms with Crippen LogP contribution >= 0.6 is 0 Å². The van der Waals surface area contributed by atoms with E-state index in [0.29, 0.717) is 24.8 Å². The fraction of sp³-hybridized carbons (Fsp3) is 1.00. The standard InChI is InChI=1S/C11H24N2O3S/c1-9(7-16-3)11(6-12)13(2)10-4-5-17(14,15)8-10/h9-11H,4-8,12H2,1-3H3. The van der Waals surface area contributed by atoms with Crippen molar-refractivity contribution >= 4 is 9.84 Å². The molecule has 6 heteroatoms. The minimum Gasteiger partial charge on any atom is -0.384 e. The van der Waals surface area contributed by atoms with Crippen LogP contribution in [-0.2, 0) is 14.6 Å². The highest BCUT2D eigenvalue weighted by molar-refractivity contribution is 7.91. The summed E-state index contributed by atoms with van der Waals surface area (Å²) < 4.78 is 28.1. The van der Waals surface area contributed by atoms with Crippen LogP contribution in [0, 0.1) is 5.92 Å². The number of ether oxygens (including phenoxy) is 1. The number of rotatable bonds is 6. The van der Waals surface area contributed by atoms with Gasteiger partial charge in [-0.05, 0) is 19.4 Å². The predicted molar refractivity (Wildman–Crippen MR) is 68.7 cm³/mol. The van der Waals surface area contributed by atoms with Gasteiger partial charge in [-0.25, -0.2) is 8.42 Å². The van der Waals surface area contributed by atoms with Crippen LogP contribution in [0.15, 0.2) is 0 Å². The van der Waals surface area contributed by atoms with Crippen molar-refractivity contribution < 1.29 is 13.2 Å². The van der Waals surface area contributed by atoms with Gasteiger partial charge in [0.15, 0.2) is 9.84 Å². The van der Waals surface area contributed by atoms with Crippen molar-refractivity contribution in [1.29, 1.82) is 0 Å². The molecule has 3 unspecified atom stereocenters. The zero-order valence-corrected chi connectivity index (χ0v) is 11.7. The molecule has 0 aromatic rings. The minimum absolute atomic E-state index is 0.104. The van der Waals surface area contributed by atoms with Gasteiger partial charge < -0.3 is 10.5 Å². The molecule has 5 nitrogen and oxygen atoms in total. The average molecular weight is 264 g/mol. The predicted octanol–water partition coefficient (Wildman–Crippen LogP) is -0.285. The van der Waals surface area contributed by atoms with Gasteiger partial charge in [0.1, 0.15) is 0 Å². The van der Waals surface area contributed by atoms with E-state index >= 15 is 0 Å². The van der Waals surface area contributed by atoms with Crippen molar-refractivity contribution in [3.8, 4) is 0 Å². The van der Waals surface area contributed by atoms with Gasteiger partial charge in [0, 0.05) is 25.7 Å². The van der Waals surface area contributed by atoms with Crippen LogP contribution in [0.4, 0.5) is 0 Å². The molecule has 0 amide bonds. The number of hydrogen-bond acceptors (Lipinski definition) is 5. The molecule has 0 aromatic heterocycles. The van der Waals surface area contributed by atoms with Gasteiger partial charge in [-0.15, -0.1) is 0 Å². The molecule has 0 spiro atoms. The summed E-state index contributed by atoms with van der Waals surface area (Å²) in [6.07, 6.45) is 0.717. The molecule has 17 heavy (non-hydrogen) atoms. The zero-order valence-electron chi connectivity index (χ0n) is 10.9.